The van der Waals surface area contributed by atoms with Crippen LogP contribution in [0.5, 0.6) is 5.75 Å². The van der Waals surface area contributed by atoms with Crippen molar-refractivity contribution in [3.8, 4) is 16.9 Å². The predicted octanol–water partition coefficient (Wildman–Crippen LogP) is 6.97. The van der Waals surface area contributed by atoms with E-state index in [1.54, 1.807) is 35.8 Å². The summed E-state index contributed by atoms with van der Waals surface area (Å²) in [5.74, 6) is 1.10. The number of nitrogens with zero attached hydrogens (tertiary/aromatic N) is 5. The zero-order valence-electron chi connectivity index (χ0n) is 26.8. The predicted molar refractivity (Wildman–Crippen MR) is 193 cm³/mol. The number of hydrogen-bond donors (Lipinski definition) is 1. The highest BCUT2D eigenvalue weighted by Crippen LogP contribution is 2.30. The van der Waals surface area contributed by atoms with Gasteiger partial charge in [-0.15, -0.1) is 11.3 Å². The minimum absolute atomic E-state index is 0.00755. The topological polar surface area (TPSA) is 119 Å². The van der Waals surface area contributed by atoms with Gasteiger partial charge in [0, 0.05) is 58.1 Å². The number of nitrogens with one attached hydrogen (secondary N) is 1. The Labute approximate surface area is 292 Å². The molecule has 0 amide bonds. The van der Waals surface area contributed by atoms with E-state index in [9.17, 15) is 13.2 Å². The number of piperidine rings is 1. The van der Waals surface area contributed by atoms with Gasteiger partial charge in [0.15, 0.2) is 0 Å². The van der Waals surface area contributed by atoms with Crippen LogP contribution in [-0.4, -0.2) is 59.1 Å². The van der Waals surface area contributed by atoms with Gasteiger partial charge in [-0.25, -0.2) is 18.4 Å². The molecule has 0 saturated carbocycles. The third-order valence-electron chi connectivity index (χ3n) is 8.51. The molecule has 1 aliphatic heterocycles. The SMILES string of the molecule is Cc1ccc(-c2cc3cnc(Nc4ccc(OC5CCN(C)CC5)cc4)nc3n(Cc3cccc(S(=O)(=O)c4nccs4)c3)c2=O)c(Cl)c1. The van der Waals surface area contributed by atoms with Gasteiger partial charge >= 0.3 is 0 Å². The van der Waals surface area contributed by atoms with E-state index in [0.29, 0.717) is 38.7 Å². The molecule has 49 heavy (non-hydrogen) atoms. The Hall–Kier alpha value is -4.62. The zero-order chi connectivity index (χ0) is 34.1. The number of likely N-dealkylation sites (tertiary alicyclic amines) is 1. The Kier molecular flexibility index (Phi) is 9.21. The van der Waals surface area contributed by atoms with Gasteiger partial charge in [0.05, 0.1) is 11.4 Å². The van der Waals surface area contributed by atoms with Crippen LogP contribution in [0.25, 0.3) is 22.2 Å². The Balaban J connectivity index is 1.24. The molecule has 0 unspecified atom stereocenters. The van der Waals surface area contributed by atoms with Gasteiger partial charge in [0.1, 0.15) is 17.5 Å². The Bertz CT molecular complexity index is 2300. The van der Waals surface area contributed by atoms with Crippen LogP contribution in [0.1, 0.15) is 24.0 Å². The highest BCUT2D eigenvalue weighted by atomic mass is 35.5. The standard InChI is InChI=1S/C36H33ClN6O4S2/c1-23-6-11-30(32(37)18-23)31-20-25-21-39-35(40-26-7-9-27(10-8-26)47-28-12-15-42(2)16-13-28)41-33(25)43(34(31)44)22-24-4-3-5-29(19-24)49(45,46)36-38-14-17-48-36/h3-11,14,17-21,28H,12-13,15-16,22H2,1-2H3,(H,39,40,41). The fourth-order valence-electron chi connectivity index (χ4n) is 5.88. The number of sulfone groups is 1. The molecular formula is C36H33ClN6O4S2. The highest BCUT2D eigenvalue weighted by molar-refractivity contribution is 7.93. The van der Waals surface area contributed by atoms with Crippen LogP contribution in [0.15, 0.2) is 105 Å². The average molecular weight is 713 g/mol. The number of aromatic nitrogens is 4. The van der Waals surface area contributed by atoms with Crippen molar-refractivity contribution in [3.05, 3.63) is 117 Å². The summed E-state index contributed by atoms with van der Waals surface area (Å²) in [4.78, 5) is 30.0. The van der Waals surface area contributed by atoms with Gasteiger partial charge in [-0.05, 0) is 86.5 Å². The summed E-state index contributed by atoms with van der Waals surface area (Å²) in [6, 6.07) is 21.4. The minimum atomic E-state index is -3.82. The molecule has 1 saturated heterocycles. The van der Waals surface area contributed by atoms with Crippen LogP contribution in [0.2, 0.25) is 5.02 Å². The molecule has 4 heterocycles. The van der Waals surface area contributed by atoms with Gasteiger partial charge in [0.25, 0.3) is 5.56 Å². The van der Waals surface area contributed by atoms with Gasteiger partial charge in [0.2, 0.25) is 20.1 Å². The Morgan fingerprint density at radius 3 is 2.53 bits per heavy atom. The summed E-state index contributed by atoms with van der Waals surface area (Å²) < 4.78 is 34.2. The fourth-order valence-corrected chi connectivity index (χ4v) is 8.50. The number of benzene rings is 3. The molecule has 1 aliphatic rings. The summed E-state index contributed by atoms with van der Waals surface area (Å²) in [5, 5.41) is 5.92. The van der Waals surface area contributed by atoms with Crippen molar-refractivity contribution < 1.29 is 13.2 Å². The molecule has 3 aromatic heterocycles. The molecule has 250 valence electrons. The molecule has 3 aromatic carbocycles. The number of ether oxygens (including phenoxy) is 1. The number of pyridine rings is 1. The van der Waals surface area contributed by atoms with Crippen LogP contribution < -0.4 is 15.6 Å². The van der Waals surface area contributed by atoms with Gasteiger partial charge in [-0.1, -0.05) is 35.9 Å². The molecule has 10 nitrogen and oxygen atoms in total. The summed E-state index contributed by atoms with van der Waals surface area (Å²) in [6.45, 7) is 4.02. The minimum Gasteiger partial charge on any atom is -0.490 e. The molecule has 1 N–H and O–H groups in total. The van der Waals surface area contributed by atoms with Crippen LogP contribution in [-0.2, 0) is 16.4 Å². The van der Waals surface area contributed by atoms with E-state index in [4.69, 9.17) is 21.3 Å². The Morgan fingerprint density at radius 2 is 1.80 bits per heavy atom. The van der Waals surface area contributed by atoms with Crippen LogP contribution in [0, 0.1) is 6.92 Å². The van der Waals surface area contributed by atoms with E-state index < -0.39 is 9.84 Å². The molecule has 13 heteroatoms. The van der Waals surface area contributed by atoms with E-state index in [0.717, 1.165) is 54.3 Å². The second kappa shape index (κ2) is 13.7. The van der Waals surface area contributed by atoms with Crippen LogP contribution in [0.4, 0.5) is 11.6 Å². The molecule has 0 radical (unpaired) electrons. The van der Waals surface area contributed by atoms with E-state index in [-0.39, 0.29) is 27.4 Å². The lowest BCUT2D eigenvalue weighted by Gasteiger charge is -2.29. The van der Waals surface area contributed by atoms with Gasteiger partial charge in [-0.3, -0.25) is 9.36 Å². The van der Waals surface area contributed by atoms with Crippen LogP contribution in [0.3, 0.4) is 0 Å². The third-order valence-corrected chi connectivity index (χ3v) is 11.8. The molecular weight excluding hydrogens is 680 g/mol. The first-order valence-electron chi connectivity index (χ1n) is 15.8. The van der Waals surface area contributed by atoms with Crippen molar-refractivity contribution in [1.29, 1.82) is 0 Å². The first-order valence-corrected chi connectivity index (χ1v) is 18.5. The first-order chi connectivity index (χ1) is 23.6. The molecule has 0 atom stereocenters. The second-order valence-corrected chi connectivity index (χ2v) is 15.5. The normalized spacial score (nSPS) is 14.3. The van der Waals surface area contributed by atoms with Gasteiger partial charge < -0.3 is 15.0 Å². The summed E-state index contributed by atoms with van der Waals surface area (Å²) >= 11 is 7.69. The molecule has 0 aliphatic carbocycles. The number of hydrogen-bond acceptors (Lipinski definition) is 10. The third kappa shape index (κ3) is 7.09. The lowest BCUT2D eigenvalue weighted by molar-refractivity contribution is 0.114. The maximum atomic E-state index is 14.3. The van der Waals surface area contributed by atoms with Crippen molar-refractivity contribution in [2.24, 2.45) is 0 Å². The average Bonchev–Trinajstić information content (AvgIpc) is 3.65. The largest absolute Gasteiger partial charge is 0.490 e. The molecule has 1 fully saturated rings. The second-order valence-electron chi connectivity index (χ2n) is 12.1. The van der Waals surface area contributed by atoms with Crippen molar-refractivity contribution >= 4 is 55.4 Å². The van der Waals surface area contributed by atoms with Crippen molar-refractivity contribution in [2.75, 3.05) is 25.5 Å². The first kappa shape index (κ1) is 32.9. The summed E-state index contributed by atoms with van der Waals surface area (Å²) in [7, 11) is -1.70. The lowest BCUT2D eigenvalue weighted by atomic mass is 10.0. The maximum absolute atomic E-state index is 14.3. The highest BCUT2D eigenvalue weighted by Gasteiger charge is 2.22. The summed E-state index contributed by atoms with van der Waals surface area (Å²) in [6.07, 6.45) is 5.30. The van der Waals surface area contributed by atoms with Crippen LogP contribution >= 0.6 is 22.9 Å². The molecule has 6 aromatic rings. The summed E-state index contributed by atoms with van der Waals surface area (Å²) in [5.41, 5.74) is 3.34. The monoisotopic (exact) mass is 712 g/mol. The van der Waals surface area contributed by atoms with Crippen molar-refractivity contribution in [1.82, 2.24) is 24.4 Å². The Morgan fingerprint density at radius 1 is 1.00 bits per heavy atom. The number of fused-ring (bicyclic) bond motifs is 1. The van der Waals surface area contributed by atoms with E-state index in [1.165, 1.54) is 16.8 Å². The zero-order valence-corrected chi connectivity index (χ0v) is 29.2. The van der Waals surface area contributed by atoms with Crippen molar-refractivity contribution in [2.45, 2.75) is 41.6 Å². The number of rotatable bonds is 9. The van der Waals surface area contributed by atoms with Gasteiger partial charge in [-0.2, -0.15) is 4.98 Å². The number of thiazole rings is 1. The van der Waals surface area contributed by atoms with Crippen molar-refractivity contribution in [3.63, 3.8) is 0 Å². The van der Waals surface area contributed by atoms with E-state index in [1.807, 2.05) is 49.4 Å². The number of halogens is 1. The quantitative estimate of drug-likeness (QED) is 0.169. The number of aryl methyl sites for hydroxylation is 1. The van der Waals surface area contributed by atoms with E-state index >= 15 is 0 Å². The fraction of sp³-hybridized carbons (Fsp3) is 0.222. The number of anilines is 2. The van der Waals surface area contributed by atoms with E-state index in [2.05, 4.69) is 27.2 Å². The molecule has 7 rings (SSSR count). The molecule has 0 spiro atoms. The molecule has 0 bridgehead atoms. The smallest absolute Gasteiger partial charge is 0.260 e. The lowest BCUT2D eigenvalue weighted by Crippen LogP contribution is -2.35. The maximum Gasteiger partial charge on any atom is 0.260 e.